The number of halogens is 2. The van der Waals surface area contributed by atoms with Gasteiger partial charge in [0, 0.05) is 45.0 Å². The molecule has 2 heterocycles. The van der Waals surface area contributed by atoms with Crippen molar-refractivity contribution in [2.75, 3.05) is 9.80 Å². The van der Waals surface area contributed by atoms with Crippen LogP contribution in [0.1, 0.15) is 0 Å². The maximum atomic E-state index is 14.9. The van der Waals surface area contributed by atoms with Gasteiger partial charge in [0.1, 0.15) is 5.49 Å². The minimum absolute atomic E-state index is 0.120. The second kappa shape index (κ2) is 16.9. The summed E-state index contributed by atoms with van der Waals surface area (Å²) < 4.78 is 30.7. The highest BCUT2D eigenvalue weighted by molar-refractivity contribution is 6.42. The molecule has 2 aromatic heterocycles. The summed E-state index contributed by atoms with van der Waals surface area (Å²) in [5.74, 6) is 0.349. The minimum Gasteiger partial charge on any atom is -0.311 e. The van der Waals surface area contributed by atoms with E-state index in [-0.39, 0.29) is 5.49 Å². The maximum Gasteiger partial charge on any atom is 0.679 e. The van der Waals surface area contributed by atoms with Gasteiger partial charge in [-0.15, -0.1) is 0 Å². The molecule has 296 valence electrons. The van der Waals surface area contributed by atoms with Crippen LogP contribution in [0.5, 0.6) is 0 Å². The zero-order valence-electron chi connectivity index (χ0n) is 33.5. The van der Waals surface area contributed by atoms with Crippen molar-refractivity contribution >= 4 is 69.1 Å². The fraction of sp³-hybridized carbons (Fsp3) is 0. The number of rotatable bonds is 10. The van der Waals surface area contributed by atoms with Crippen LogP contribution in [-0.4, -0.2) is 16.9 Å². The Balaban J connectivity index is 0.915. The zero-order valence-corrected chi connectivity index (χ0v) is 33.5. The molecule has 5 nitrogen and oxygen atoms in total. The van der Waals surface area contributed by atoms with Gasteiger partial charge in [-0.25, -0.2) is 9.98 Å². The van der Waals surface area contributed by atoms with Crippen LogP contribution in [0.4, 0.5) is 48.6 Å². The molecule has 0 fully saturated rings. The van der Waals surface area contributed by atoms with Gasteiger partial charge < -0.3 is 14.3 Å². The lowest BCUT2D eigenvalue weighted by Crippen LogP contribution is -2.29. The molecule has 10 aromatic rings. The third kappa shape index (κ3) is 7.73. The van der Waals surface area contributed by atoms with Crippen molar-refractivity contribution in [2.24, 2.45) is 4.99 Å². The fourth-order valence-corrected chi connectivity index (χ4v) is 8.03. The van der Waals surface area contributed by atoms with Crippen LogP contribution in [0.15, 0.2) is 236 Å². The van der Waals surface area contributed by atoms with Crippen molar-refractivity contribution in [3.63, 3.8) is 0 Å². The van der Waals surface area contributed by atoms with Crippen molar-refractivity contribution in [2.45, 2.75) is 0 Å². The van der Waals surface area contributed by atoms with Gasteiger partial charge in [-0.2, -0.15) is 0 Å². The summed E-state index contributed by atoms with van der Waals surface area (Å²) >= 11 is 0. The van der Waals surface area contributed by atoms with E-state index < -0.39 is 7.40 Å². The summed E-state index contributed by atoms with van der Waals surface area (Å²) in [6, 6.07) is 76.8. The molecule has 0 saturated carbocycles. The molecule has 0 radical (unpaired) electrons. The summed E-state index contributed by atoms with van der Waals surface area (Å²) in [7, 11) is -2.81. The highest BCUT2D eigenvalue weighted by Gasteiger charge is 2.21. The van der Waals surface area contributed by atoms with Gasteiger partial charge in [-0.05, 0) is 149 Å². The summed E-state index contributed by atoms with van der Waals surface area (Å²) in [5.41, 5.74) is 11.6. The molecule has 8 heteroatoms. The molecule has 0 atom stereocenters. The maximum absolute atomic E-state index is 14.9. The number of aromatic nitrogens is 2. The number of benzene rings is 8. The van der Waals surface area contributed by atoms with Crippen LogP contribution in [-0.2, 0) is 0 Å². The monoisotopic (exact) mass is 805 g/mol. The Morgan fingerprint density at radius 1 is 0.387 bits per heavy atom. The molecular weight excluding hydrogens is 767 g/mol. The molecule has 0 aliphatic heterocycles. The molecular formula is C54H38BF2N5. The van der Waals surface area contributed by atoms with E-state index in [9.17, 15) is 8.63 Å². The first-order chi connectivity index (χ1) is 30.6. The van der Waals surface area contributed by atoms with Crippen LogP contribution >= 0.6 is 0 Å². The zero-order chi connectivity index (χ0) is 41.8. The SMILES string of the molecule is FB(F)n1c(=Nc2ccc3cc(-c4ccc(N(c5ccccc5)c5ccccc5)cc4)ccc3n2)ccc2cc(-c3ccc(N(c4ccccc4)c4ccccc4)cc3)ccc21. The second-order valence-electron chi connectivity index (χ2n) is 14.9. The van der Waals surface area contributed by atoms with E-state index in [1.54, 1.807) is 18.2 Å². The van der Waals surface area contributed by atoms with Gasteiger partial charge in [-0.1, -0.05) is 109 Å². The number of pyridine rings is 2. The van der Waals surface area contributed by atoms with Gasteiger partial charge in [0.2, 0.25) is 0 Å². The number of hydrogen-bond acceptors (Lipinski definition) is 4. The lowest BCUT2D eigenvalue weighted by molar-refractivity contribution is 0.627. The van der Waals surface area contributed by atoms with Crippen molar-refractivity contribution < 1.29 is 8.63 Å². The van der Waals surface area contributed by atoms with Crippen molar-refractivity contribution in [1.29, 1.82) is 0 Å². The molecule has 0 amide bonds. The Bertz CT molecular complexity index is 3120. The van der Waals surface area contributed by atoms with Crippen molar-refractivity contribution in [3.05, 3.63) is 236 Å². The third-order valence-electron chi connectivity index (χ3n) is 11.0. The first-order valence-electron chi connectivity index (χ1n) is 20.5. The van der Waals surface area contributed by atoms with Crippen LogP contribution < -0.4 is 15.3 Å². The van der Waals surface area contributed by atoms with E-state index in [4.69, 9.17) is 4.98 Å². The molecule has 0 bridgehead atoms. The molecule has 0 unspecified atom stereocenters. The largest absolute Gasteiger partial charge is 0.679 e. The van der Waals surface area contributed by atoms with E-state index in [1.165, 1.54) is 0 Å². The molecule has 0 N–H and O–H groups in total. The lowest BCUT2D eigenvalue weighted by atomic mass is 10.0. The first kappa shape index (κ1) is 38.1. The third-order valence-corrected chi connectivity index (χ3v) is 11.0. The van der Waals surface area contributed by atoms with Gasteiger partial charge in [0.25, 0.3) is 0 Å². The number of anilines is 6. The van der Waals surface area contributed by atoms with Gasteiger partial charge in [0.15, 0.2) is 5.82 Å². The predicted molar refractivity (Wildman–Crippen MR) is 253 cm³/mol. The second-order valence-corrected chi connectivity index (χ2v) is 14.9. The average molecular weight is 806 g/mol. The lowest BCUT2D eigenvalue weighted by Gasteiger charge is -2.25. The molecule has 62 heavy (non-hydrogen) atoms. The molecule has 0 saturated heterocycles. The standard InChI is InChI=1S/C54H38BF2N5/c56-55(57)62-52-34-26-42(40-23-31-50(32-24-40)61(47-17-9-3-10-18-47)48-19-11-4-12-20-48)38-44(52)28-36-54(62)59-53-35-27-43-37-41(25-33-51(43)58-53)39-21-29-49(30-22-39)60(45-13-5-1-6-14-45)46-15-7-2-8-16-46/h1-38H. The number of para-hydroxylation sites is 4. The highest BCUT2D eigenvalue weighted by Crippen LogP contribution is 2.37. The Morgan fingerprint density at radius 3 is 1.26 bits per heavy atom. The van der Waals surface area contributed by atoms with Crippen molar-refractivity contribution in [1.82, 2.24) is 9.46 Å². The Labute approximate surface area is 359 Å². The fourth-order valence-electron chi connectivity index (χ4n) is 8.03. The van der Waals surface area contributed by atoms with Crippen molar-refractivity contribution in [3.8, 4) is 22.3 Å². The molecule has 10 rings (SSSR count). The Kier molecular flexibility index (Phi) is 10.4. The number of nitrogens with zero attached hydrogens (tertiary/aromatic N) is 5. The molecule has 0 spiro atoms. The van der Waals surface area contributed by atoms with E-state index in [1.807, 2.05) is 109 Å². The van der Waals surface area contributed by atoms with Crippen LogP contribution in [0.25, 0.3) is 44.1 Å². The van der Waals surface area contributed by atoms with Crippen LogP contribution in [0.3, 0.4) is 0 Å². The normalized spacial score (nSPS) is 11.5. The van der Waals surface area contributed by atoms with Gasteiger partial charge in [0.05, 0.1) is 5.52 Å². The van der Waals surface area contributed by atoms with Gasteiger partial charge in [-0.3, -0.25) is 8.63 Å². The summed E-state index contributed by atoms with van der Waals surface area (Å²) in [6.45, 7) is 0. The summed E-state index contributed by atoms with van der Waals surface area (Å²) in [6.07, 6.45) is 0. The predicted octanol–water partition coefficient (Wildman–Crippen LogP) is 14.5. The Hall–Kier alpha value is -8.10. The number of hydrogen-bond donors (Lipinski definition) is 0. The Morgan fingerprint density at radius 2 is 0.790 bits per heavy atom. The topological polar surface area (TPSA) is 36.7 Å². The minimum atomic E-state index is -2.81. The summed E-state index contributed by atoms with van der Waals surface area (Å²) in [5, 5.41) is 1.61. The van der Waals surface area contributed by atoms with Crippen LogP contribution in [0, 0.1) is 0 Å². The van der Waals surface area contributed by atoms with Gasteiger partial charge >= 0.3 is 7.40 Å². The van der Waals surface area contributed by atoms with E-state index in [0.29, 0.717) is 16.7 Å². The van der Waals surface area contributed by atoms with E-state index >= 15 is 0 Å². The molecule has 0 aliphatic carbocycles. The highest BCUT2D eigenvalue weighted by atomic mass is 19.2. The summed E-state index contributed by atoms with van der Waals surface area (Å²) in [4.78, 5) is 13.8. The quantitative estimate of drug-likeness (QED) is 0.129. The smallest absolute Gasteiger partial charge is 0.311 e. The van der Waals surface area contributed by atoms with E-state index in [0.717, 1.165) is 71.8 Å². The molecule has 8 aromatic carbocycles. The average Bonchev–Trinajstić information content (AvgIpc) is 3.33. The first-order valence-corrected chi connectivity index (χ1v) is 20.5. The van der Waals surface area contributed by atoms with Crippen LogP contribution in [0.2, 0.25) is 0 Å². The van der Waals surface area contributed by atoms with E-state index in [2.05, 4.69) is 118 Å². The molecule has 0 aliphatic rings. The number of fused-ring (bicyclic) bond motifs is 2.